The van der Waals surface area contributed by atoms with Gasteiger partial charge in [0.2, 0.25) is 5.91 Å². The number of carbonyl (C=O) groups excluding carboxylic acids is 1. The predicted molar refractivity (Wildman–Crippen MR) is 75.2 cm³/mol. The van der Waals surface area contributed by atoms with Crippen molar-refractivity contribution < 1.29 is 18.0 Å². The highest BCUT2D eigenvalue weighted by molar-refractivity contribution is 7.99. The lowest BCUT2D eigenvalue weighted by atomic mass is 10.1. The summed E-state index contributed by atoms with van der Waals surface area (Å²) in [5, 5.41) is -0.343. The summed E-state index contributed by atoms with van der Waals surface area (Å²) in [6.45, 7) is 2.01. The molecule has 6 heteroatoms. The third-order valence-corrected chi connectivity index (χ3v) is 4.21. The van der Waals surface area contributed by atoms with Gasteiger partial charge in [-0.1, -0.05) is 38.0 Å². The van der Waals surface area contributed by atoms with E-state index in [4.69, 9.17) is 5.73 Å². The molecule has 1 aromatic carbocycles. The molecule has 20 heavy (non-hydrogen) atoms. The van der Waals surface area contributed by atoms with Crippen molar-refractivity contribution in [2.75, 3.05) is 0 Å². The number of nitrogens with two attached hydrogens (primary N) is 1. The van der Waals surface area contributed by atoms with Gasteiger partial charge in [0.15, 0.2) is 0 Å². The van der Waals surface area contributed by atoms with E-state index in [1.807, 2.05) is 6.92 Å². The number of hydrogen-bond acceptors (Lipinski definition) is 2. The second kappa shape index (κ2) is 7.57. The van der Waals surface area contributed by atoms with Crippen LogP contribution in [0.3, 0.4) is 0 Å². The summed E-state index contributed by atoms with van der Waals surface area (Å²) in [5.74, 6) is -0.0586. The standard InChI is InChI=1S/C14H18F3NOS/c1-2-3-7-12(13(18)19)20-9-10-5-4-6-11(8-10)14(15,16)17/h4-6,8,12H,2-3,7,9H2,1H3,(H2,18,19). The largest absolute Gasteiger partial charge is 0.416 e. The highest BCUT2D eigenvalue weighted by atomic mass is 32.2. The number of hydrogen-bond donors (Lipinski definition) is 1. The lowest BCUT2D eigenvalue weighted by Crippen LogP contribution is -2.25. The molecule has 0 saturated heterocycles. The molecule has 0 radical (unpaired) electrons. The Bertz CT molecular complexity index is 448. The molecule has 1 unspecified atom stereocenters. The van der Waals surface area contributed by atoms with Crippen molar-refractivity contribution in [2.24, 2.45) is 5.73 Å². The number of amides is 1. The number of halogens is 3. The first kappa shape index (κ1) is 16.9. The molecule has 0 aliphatic rings. The van der Waals surface area contributed by atoms with E-state index < -0.39 is 17.6 Å². The van der Waals surface area contributed by atoms with Crippen LogP contribution in [0.25, 0.3) is 0 Å². The Kier molecular flexibility index (Phi) is 6.39. The maximum atomic E-state index is 12.6. The first-order valence-electron chi connectivity index (χ1n) is 6.41. The van der Waals surface area contributed by atoms with Crippen LogP contribution in [-0.2, 0) is 16.7 Å². The Hall–Kier alpha value is -1.17. The number of unbranched alkanes of at least 4 members (excludes halogenated alkanes) is 1. The van der Waals surface area contributed by atoms with E-state index in [0.717, 1.165) is 25.0 Å². The number of benzene rings is 1. The molecule has 2 nitrogen and oxygen atoms in total. The Balaban J connectivity index is 2.66. The number of alkyl halides is 3. The summed E-state index contributed by atoms with van der Waals surface area (Å²) < 4.78 is 37.7. The van der Waals surface area contributed by atoms with Gasteiger partial charge >= 0.3 is 6.18 Å². The first-order valence-corrected chi connectivity index (χ1v) is 7.46. The van der Waals surface area contributed by atoms with E-state index in [2.05, 4.69) is 0 Å². The number of thioether (sulfide) groups is 1. The van der Waals surface area contributed by atoms with Crippen LogP contribution in [0.1, 0.15) is 37.3 Å². The second-order valence-corrected chi connectivity index (χ2v) is 5.73. The van der Waals surface area contributed by atoms with Crippen LogP contribution < -0.4 is 5.73 Å². The van der Waals surface area contributed by atoms with Gasteiger partial charge in [0.1, 0.15) is 0 Å². The fourth-order valence-electron chi connectivity index (χ4n) is 1.73. The molecule has 1 rings (SSSR count). The summed E-state index contributed by atoms with van der Waals surface area (Å²) in [4.78, 5) is 11.3. The number of rotatable bonds is 7. The quantitative estimate of drug-likeness (QED) is 0.828. The minimum absolute atomic E-state index is 0.343. The maximum absolute atomic E-state index is 12.6. The van der Waals surface area contributed by atoms with Gasteiger partial charge in [-0.25, -0.2) is 0 Å². The molecule has 1 aromatic rings. The minimum Gasteiger partial charge on any atom is -0.369 e. The van der Waals surface area contributed by atoms with Crippen molar-refractivity contribution >= 4 is 17.7 Å². The molecule has 112 valence electrons. The summed E-state index contributed by atoms with van der Waals surface area (Å²) in [6, 6.07) is 5.16. The maximum Gasteiger partial charge on any atom is 0.416 e. The zero-order chi connectivity index (χ0) is 15.2. The third-order valence-electron chi connectivity index (χ3n) is 2.84. The van der Waals surface area contributed by atoms with Crippen LogP contribution >= 0.6 is 11.8 Å². The zero-order valence-corrected chi connectivity index (χ0v) is 12.1. The molecule has 1 atom stereocenters. The topological polar surface area (TPSA) is 43.1 Å². The minimum atomic E-state index is -4.34. The lowest BCUT2D eigenvalue weighted by Gasteiger charge is -2.13. The fourth-order valence-corrected chi connectivity index (χ4v) is 2.80. The van der Waals surface area contributed by atoms with Gasteiger partial charge in [-0.2, -0.15) is 13.2 Å². The molecule has 0 saturated carbocycles. The van der Waals surface area contributed by atoms with Crippen molar-refractivity contribution in [3.63, 3.8) is 0 Å². The molecule has 0 aliphatic carbocycles. The molecule has 0 fully saturated rings. The highest BCUT2D eigenvalue weighted by Gasteiger charge is 2.30. The first-order chi connectivity index (χ1) is 9.34. The monoisotopic (exact) mass is 305 g/mol. The van der Waals surface area contributed by atoms with Gasteiger partial charge in [0.25, 0.3) is 0 Å². The predicted octanol–water partition coefficient (Wildman–Crippen LogP) is 3.98. The van der Waals surface area contributed by atoms with Crippen molar-refractivity contribution in [3.05, 3.63) is 35.4 Å². The molecule has 0 heterocycles. The average Bonchev–Trinajstić information content (AvgIpc) is 2.37. The fraction of sp³-hybridized carbons (Fsp3) is 0.500. The molecule has 0 aromatic heterocycles. The summed E-state index contributed by atoms with van der Waals surface area (Å²) in [6.07, 6.45) is -1.85. The van der Waals surface area contributed by atoms with Crippen LogP contribution in [0.2, 0.25) is 0 Å². The Morgan fingerprint density at radius 2 is 2.10 bits per heavy atom. The molecule has 1 amide bonds. The smallest absolute Gasteiger partial charge is 0.369 e. The second-order valence-electron chi connectivity index (χ2n) is 4.54. The zero-order valence-electron chi connectivity index (χ0n) is 11.2. The van der Waals surface area contributed by atoms with E-state index in [1.54, 1.807) is 6.07 Å². The van der Waals surface area contributed by atoms with Crippen LogP contribution in [0.4, 0.5) is 13.2 Å². The molecule has 0 bridgehead atoms. The lowest BCUT2D eigenvalue weighted by molar-refractivity contribution is -0.137. The Labute approximate surface area is 120 Å². The molecule has 2 N–H and O–H groups in total. The highest BCUT2D eigenvalue weighted by Crippen LogP contribution is 2.31. The summed E-state index contributed by atoms with van der Waals surface area (Å²) in [5.41, 5.74) is 5.18. The van der Waals surface area contributed by atoms with Crippen molar-refractivity contribution in [1.82, 2.24) is 0 Å². The van der Waals surface area contributed by atoms with Gasteiger partial charge in [0.05, 0.1) is 10.8 Å². The van der Waals surface area contributed by atoms with E-state index in [0.29, 0.717) is 17.7 Å². The van der Waals surface area contributed by atoms with Gasteiger partial charge in [-0.3, -0.25) is 4.79 Å². The average molecular weight is 305 g/mol. The molecular formula is C14H18F3NOS. The van der Waals surface area contributed by atoms with Crippen molar-refractivity contribution in [1.29, 1.82) is 0 Å². The van der Waals surface area contributed by atoms with E-state index in [1.165, 1.54) is 17.8 Å². The Morgan fingerprint density at radius 3 is 2.65 bits per heavy atom. The Morgan fingerprint density at radius 1 is 1.40 bits per heavy atom. The van der Waals surface area contributed by atoms with Gasteiger partial charge in [-0.15, -0.1) is 11.8 Å². The number of primary amides is 1. The van der Waals surface area contributed by atoms with Gasteiger partial charge in [-0.05, 0) is 18.1 Å². The third kappa shape index (κ3) is 5.45. The molecule has 0 spiro atoms. The summed E-state index contributed by atoms with van der Waals surface area (Å²) >= 11 is 1.30. The molecule has 0 aliphatic heterocycles. The normalized spacial score (nSPS) is 13.2. The van der Waals surface area contributed by atoms with E-state index in [9.17, 15) is 18.0 Å². The van der Waals surface area contributed by atoms with Crippen LogP contribution in [0, 0.1) is 0 Å². The van der Waals surface area contributed by atoms with Crippen molar-refractivity contribution in [3.8, 4) is 0 Å². The SMILES string of the molecule is CCCCC(SCc1cccc(C(F)(F)F)c1)C(N)=O. The van der Waals surface area contributed by atoms with Crippen LogP contribution in [-0.4, -0.2) is 11.2 Å². The van der Waals surface area contributed by atoms with Crippen molar-refractivity contribution in [2.45, 2.75) is 43.4 Å². The van der Waals surface area contributed by atoms with Crippen LogP contribution in [0.5, 0.6) is 0 Å². The summed E-state index contributed by atoms with van der Waals surface area (Å²) in [7, 11) is 0. The van der Waals surface area contributed by atoms with E-state index in [-0.39, 0.29) is 5.25 Å². The van der Waals surface area contributed by atoms with Gasteiger partial charge in [0, 0.05) is 5.75 Å². The molecular weight excluding hydrogens is 287 g/mol. The van der Waals surface area contributed by atoms with Crippen LogP contribution in [0.15, 0.2) is 24.3 Å². The van der Waals surface area contributed by atoms with Gasteiger partial charge < -0.3 is 5.73 Å². The van der Waals surface area contributed by atoms with E-state index >= 15 is 0 Å². The number of carbonyl (C=O) groups is 1.